The fourth-order valence-electron chi connectivity index (χ4n) is 3.26. The molecule has 19 heavy (non-hydrogen) atoms. The van der Waals surface area contributed by atoms with Crippen LogP contribution < -0.4 is 5.32 Å². The van der Waals surface area contributed by atoms with Crippen molar-refractivity contribution in [3.63, 3.8) is 0 Å². The highest BCUT2D eigenvalue weighted by atomic mass is 16.4. The fourth-order valence-corrected chi connectivity index (χ4v) is 3.26. The Morgan fingerprint density at radius 3 is 3.00 bits per heavy atom. The monoisotopic (exact) mass is 263 g/mol. The van der Waals surface area contributed by atoms with Crippen LogP contribution in [0.25, 0.3) is 0 Å². The number of nitrogens with zero attached hydrogens (tertiary/aromatic N) is 2. The Morgan fingerprint density at radius 1 is 1.42 bits per heavy atom. The first-order chi connectivity index (χ1) is 9.04. The maximum absolute atomic E-state index is 5.93. The van der Waals surface area contributed by atoms with Crippen LogP contribution >= 0.6 is 0 Å². The van der Waals surface area contributed by atoms with E-state index in [4.69, 9.17) is 4.42 Å². The zero-order valence-electron chi connectivity index (χ0n) is 12.3. The van der Waals surface area contributed by atoms with E-state index >= 15 is 0 Å². The van der Waals surface area contributed by atoms with Gasteiger partial charge in [-0.15, -0.1) is 0 Å². The second kappa shape index (κ2) is 4.91. The van der Waals surface area contributed by atoms with Crippen LogP contribution in [0.5, 0.6) is 0 Å². The van der Waals surface area contributed by atoms with Crippen LogP contribution in [0.2, 0.25) is 0 Å². The molecule has 106 valence electrons. The Kier molecular flexibility index (Phi) is 3.39. The molecule has 0 saturated carbocycles. The summed E-state index contributed by atoms with van der Waals surface area (Å²) in [5, 5.41) is 3.52. The molecule has 1 N–H and O–H groups in total. The molecule has 1 aromatic heterocycles. The molecule has 1 aromatic rings. The lowest BCUT2D eigenvalue weighted by Gasteiger charge is -2.36. The largest absolute Gasteiger partial charge is 0.444 e. The average Bonchev–Trinajstić information content (AvgIpc) is 2.96. The minimum atomic E-state index is 0.0462. The van der Waals surface area contributed by atoms with Crippen LogP contribution in [-0.2, 0) is 12.0 Å². The summed E-state index contributed by atoms with van der Waals surface area (Å²) >= 11 is 0. The zero-order chi connectivity index (χ0) is 13.5. The standard InChI is InChI=1S/C15H25N3O/c1-15(2,3)13-9-17-14(19-13)10-18-6-4-5-11-7-16-8-12(11)18/h9,11-12,16H,4-8,10H2,1-3H3. The molecule has 2 unspecified atom stereocenters. The van der Waals surface area contributed by atoms with Crippen molar-refractivity contribution in [3.05, 3.63) is 17.8 Å². The SMILES string of the molecule is CC(C)(C)c1cnc(CN2CCCC3CNCC32)o1. The van der Waals surface area contributed by atoms with Gasteiger partial charge in [-0.05, 0) is 31.8 Å². The van der Waals surface area contributed by atoms with E-state index in [1.165, 1.54) is 25.9 Å². The Labute approximate surface area is 115 Å². The van der Waals surface area contributed by atoms with Crippen LogP contribution in [0.1, 0.15) is 45.3 Å². The summed E-state index contributed by atoms with van der Waals surface area (Å²) in [6.07, 6.45) is 4.56. The summed E-state index contributed by atoms with van der Waals surface area (Å²) in [6, 6.07) is 0.679. The van der Waals surface area contributed by atoms with Crippen molar-refractivity contribution < 1.29 is 4.42 Å². The fraction of sp³-hybridized carbons (Fsp3) is 0.800. The van der Waals surface area contributed by atoms with Gasteiger partial charge in [0.25, 0.3) is 0 Å². The van der Waals surface area contributed by atoms with E-state index in [0.29, 0.717) is 6.04 Å². The number of oxazole rings is 1. The summed E-state index contributed by atoms with van der Waals surface area (Å²) in [4.78, 5) is 7.01. The third kappa shape index (κ3) is 2.70. The predicted octanol–water partition coefficient (Wildman–Crippen LogP) is 2.16. The van der Waals surface area contributed by atoms with Gasteiger partial charge in [0.05, 0.1) is 12.7 Å². The third-order valence-electron chi connectivity index (χ3n) is 4.42. The van der Waals surface area contributed by atoms with Crippen molar-refractivity contribution in [2.24, 2.45) is 5.92 Å². The number of hydrogen-bond acceptors (Lipinski definition) is 4. The summed E-state index contributed by atoms with van der Waals surface area (Å²) in [6.45, 7) is 10.8. The van der Waals surface area contributed by atoms with Gasteiger partial charge in [0.2, 0.25) is 5.89 Å². The van der Waals surface area contributed by atoms with E-state index < -0.39 is 0 Å². The van der Waals surface area contributed by atoms with Crippen molar-refractivity contribution in [2.75, 3.05) is 19.6 Å². The van der Waals surface area contributed by atoms with Crippen LogP contribution in [-0.4, -0.2) is 35.6 Å². The summed E-state index contributed by atoms with van der Waals surface area (Å²) in [7, 11) is 0. The maximum Gasteiger partial charge on any atom is 0.208 e. The van der Waals surface area contributed by atoms with Crippen molar-refractivity contribution >= 4 is 0 Å². The smallest absolute Gasteiger partial charge is 0.208 e. The first kappa shape index (κ1) is 13.1. The number of rotatable bonds is 2. The van der Waals surface area contributed by atoms with Crippen molar-refractivity contribution in [2.45, 2.75) is 51.6 Å². The predicted molar refractivity (Wildman–Crippen MR) is 75.0 cm³/mol. The Bertz CT molecular complexity index is 435. The van der Waals surface area contributed by atoms with E-state index in [0.717, 1.165) is 30.7 Å². The van der Waals surface area contributed by atoms with Gasteiger partial charge in [0.1, 0.15) is 5.76 Å². The number of hydrogen-bond donors (Lipinski definition) is 1. The van der Waals surface area contributed by atoms with E-state index in [9.17, 15) is 0 Å². The first-order valence-electron chi connectivity index (χ1n) is 7.44. The van der Waals surface area contributed by atoms with Gasteiger partial charge in [0, 0.05) is 18.0 Å². The second-order valence-electron chi connectivity index (χ2n) is 6.97. The number of piperidine rings is 1. The molecule has 2 aliphatic rings. The highest BCUT2D eigenvalue weighted by Gasteiger charge is 2.35. The second-order valence-corrected chi connectivity index (χ2v) is 6.97. The van der Waals surface area contributed by atoms with Crippen molar-refractivity contribution in [1.29, 1.82) is 0 Å². The lowest BCUT2D eigenvalue weighted by molar-refractivity contribution is 0.106. The molecule has 3 heterocycles. The third-order valence-corrected chi connectivity index (χ3v) is 4.42. The highest BCUT2D eigenvalue weighted by Crippen LogP contribution is 2.28. The van der Waals surface area contributed by atoms with Gasteiger partial charge in [-0.2, -0.15) is 0 Å². The molecule has 0 aromatic carbocycles. The summed E-state index contributed by atoms with van der Waals surface area (Å²) in [5.74, 6) is 2.68. The molecule has 4 heteroatoms. The van der Waals surface area contributed by atoms with Gasteiger partial charge < -0.3 is 9.73 Å². The number of fused-ring (bicyclic) bond motifs is 1. The van der Waals surface area contributed by atoms with Gasteiger partial charge in [-0.3, -0.25) is 4.90 Å². The lowest BCUT2D eigenvalue weighted by Crippen LogP contribution is -2.44. The molecular formula is C15H25N3O. The number of aromatic nitrogens is 1. The molecule has 2 atom stereocenters. The molecule has 0 bridgehead atoms. The maximum atomic E-state index is 5.93. The molecule has 4 nitrogen and oxygen atoms in total. The quantitative estimate of drug-likeness (QED) is 0.888. The van der Waals surface area contributed by atoms with E-state index in [2.05, 4.69) is 36.0 Å². The van der Waals surface area contributed by atoms with Gasteiger partial charge >= 0.3 is 0 Å². The lowest BCUT2D eigenvalue weighted by atomic mass is 9.92. The molecular weight excluding hydrogens is 238 g/mol. The highest BCUT2D eigenvalue weighted by molar-refractivity contribution is 5.06. The molecule has 2 aliphatic heterocycles. The minimum Gasteiger partial charge on any atom is -0.444 e. The van der Waals surface area contributed by atoms with Crippen LogP contribution in [0.15, 0.2) is 10.6 Å². The molecule has 0 amide bonds. The number of likely N-dealkylation sites (tertiary alicyclic amines) is 1. The topological polar surface area (TPSA) is 41.3 Å². The van der Waals surface area contributed by atoms with Crippen molar-refractivity contribution in [1.82, 2.24) is 15.2 Å². The molecule has 3 rings (SSSR count). The first-order valence-corrected chi connectivity index (χ1v) is 7.44. The Hall–Kier alpha value is -0.870. The normalized spacial score (nSPS) is 28.6. The van der Waals surface area contributed by atoms with Crippen LogP contribution in [0, 0.1) is 5.92 Å². The van der Waals surface area contributed by atoms with Gasteiger partial charge in [-0.1, -0.05) is 20.8 Å². The van der Waals surface area contributed by atoms with Crippen LogP contribution in [0.4, 0.5) is 0 Å². The van der Waals surface area contributed by atoms with Gasteiger partial charge in [-0.25, -0.2) is 4.98 Å². The van der Waals surface area contributed by atoms with E-state index in [-0.39, 0.29) is 5.41 Å². The zero-order valence-corrected chi connectivity index (χ0v) is 12.3. The van der Waals surface area contributed by atoms with Crippen molar-refractivity contribution in [3.8, 4) is 0 Å². The molecule has 0 aliphatic carbocycles. The molecule has 2 saturated heterocycles. The molecule has 0 spiro atoms. The van der Waals surface area contributed by atoms with Crippen LogP contribution in [0.3, 0.4) is 0 Å². The summed E-state index contributed by atoms with van der Waals surface area (Å²) in [5.41, 5.74) is 0.0462. The van der Waals surface area contributed by atoms with E-state index in [1.807, 2.05) is 6.20 Å². The summed E-state index contributed by atoms with van der Waals surface area (Å²) < 4.78 is 5.93. The van der Waals surface area contributed by atoms with E-state index in [1.54, 1.807) is 0 Å². The molecule has 2 fully saturated rings. The number of nitrogens with one attached hydrogen (secondary N) is 1. The molecule has 0 radical (unpaired) electrons. The Balaban J connectivity index is 1.69. The minimum absolute atomic E-state index is 0.0462. The average molecular weight is 263 g/mol. The Morgan fingerprint density at radius 2 is 2.26 bits per heavy atom. The van der Waals surface area contributed by atoms with Gasteiger partial charge in [0.15, 0.2) is 0 Å².